The van der Waals surface area contributed by atoms with Crippen molar-refractivity contribution in [3.8, 4) is 11.5 Å². The van der Waals surface area contributed by atoms with Crippen molar-refractivity contribution in [2.24, 2.45) is 0 Å². The van der Waals surface area contributed by atoms with E-state index in [1.165, 1.54) is 32.2 Å². The maximum atomic E-state index is 12.2. The van der Waals surface area contributed by atoms with Crippen LogP contribution in [-0.2, 0) is 4.74 Å². The van der Waals surface area contributed by atoms with Crippen LogP contribution in [0.2, 0.25) is 0 Å². The minimum Gasteiger partial charge on any atom is -0.507 e. The highest BCUT2D eigenvalue weighted by Gasteiger charge is 2.22. The lowest BCUT2D eigenvalue weighted by atomic mass is 10.1. The molecule has 0 unspecified atom stereocenters. The quantitative estimate of drug-likeness (QED) is 0.678. The summed E-state index contributed by atoms with van der Waals surface area (Å²) < 4.78 is 10.1. The van der Waals surface area contributed by atoms with E-state index in [-0.39, 0.29) is 17.1 Å². The number of aryl methyl sites for hydroxylation is 1. The Kier molecular flexibility index (Phi) is 5.01. The van der Waals surface area contributed by atoms with Crippen molar-refractivity contribution < 1.29 is 24.2 Å². The predicted octanol–water partition coefficient (Wildman–Crippen LogP) is 3.14. The van der Waals surface area contributed by atoms with E-state index in [4.69, 9.17) is 9.47 Å². The molecule has 5 nitrogen and oxygen atoms in total. The fraction of sp³-hybridized carbons (Fsp3) is 0.222. The largest absolute Gasteiger partial charge is 0.507 e. The van der Waals surface area contributed by atoms with Gasteiger partial charge in [-0.05, 0) is 26.0 Å². The van der Waals surface area contributed by atoms with E-state index in [0.29, 0.717) is 11.3 Å². The number of benzene rings is 2. The smallest absolute Gasteiger partial charge is 0.342 e. The number of esters is 1. The lowest BCUT2D eigenvalue weighted by Gasteiger charge is -2.13. The van der Waals surface area contributed by atoms with Crippen molar-refractivity contribution in [3.05, 3.63) is 59.2 Å². The van der Waals surface area contributed by atoms with Gasteiger partial charge in [-0.1, -0.05) is 29.8 Å². The van der Waals surface area contributed by atoms with E-state index in [2.05, 4.69) is 0 Å². The first-order valence-electron chi connectivity index (χ1n) is 7.11. The van der Waals surface area contributed by atoms with Crippen LogP contribution in [-0.4, -0.2) is 30.1 Å². The van der Waals surface area contributed by atoms with Crippen molar-refractivity contribution >= 4 is 11.8 Å². The molecular weight excluding hydrogens is 296 g/mol. The summed E-state index contributed by atoms with van der Waals surface area (Å²) in [5.74, 6) is -0.906. The van der Waals surface area contributed by atoms with Crippen molar-refractivity contribution in [2.75, 3.05) is 7.11 Å². The maximum absolute atomic E-state index is 12.2. The average molecular weight is 314 g/mol. The number of phenolic OH excluding ortho intramolecular Hbond substituents is 1. The molecule has 0 fully saturated rings. The van der Waals surface area contributed by atoms with Crippen LogP contribution in [0.5, 0.6) is 11.5 Å². The average Bonchev–Trinajstić information content (AvgIpc) is 2.54. The highest BCUT2D eigenvalue weighted by Crippen LogP contribution is 2.24. The number of hydrogen-bond acceptors (Lipinski definition) is 5. The first-order chi connectivity index (χ1) is 10.9. The predicted molar refractivity (Wildman–Crippen MR) is 85.0 cm³/mol. The van der Waals surface area contributed by atoms with Gasteiger partial charge in [0.05, 0.1) is 7.11 Å². The molecule has 1 N–H and O–H groups in total. The summed E-state index contributed by atoms with van der Waals surface area (Å²) in [6, 6.07) is 11.2. The molecule has 5 heteroatoms. The highest BCUT2D eigenvalue weighted by molar-refractivity contribution is 6.01. The van der Waals surface area contributed by atoms with Gasteiger partial charge in [0.15, 0.2) is 6.10 Å². The highest BCUT2D eigenvalue weighted by atomic mass is 16.5. The molecule has 1 atom stereocenters. The second kappa shape index (κ2) is 6.96. The molecule has 0 amide bonds. The molecule has 0 spiro atoms. The fourth-order valence-electron chi connectivity index (χ4n) is 2.04. The number of hydrogen-bond donors (Lipinski definition) is 1. The van der Waals surface area contributed by atoms with E-state index < -0.39 is 12.1 Å². The third kappa shape index (κ3) is 3.88. The maximum Gasteiger partial charge on any atom is 0.342 e. The number of aromatic hydroxyl groups is 1. The minimum absolute atomic E-state index is 0.0191. The standard InChI is InChI=1S/C18H18O5/c1-11-4-6-13(7-5-11)17(20)12(2)23-18(21)15-9-8-14(22-3)10-16(15)19/h4-10,12,19H,1-3H3/t12-/m1/s1. The lowest BCUT2D eigenvalue weighted by molar-refractivity contribution is 0.0316. The van der Waals surface area contributed by atoms with Crippen LogP contribution in [0.15, 0.2) is 42.5 Å². The molecule has 0 bridgehead atoms. The van der Waals surface area contributed by atoms with Gasteiger partial charge >= 0.3 is 5.97 Å². The van der Waals surface area contributed by atoms with Crippen LogP contribution in [0.25, 0.3) is 0 Å². The Bertz CT molecular complexity index is 719. The zero-order chi connectivity index (χ0) is 17.0. The molecule has 0 radical (unpaired) electrons. The van der Waals surface area contributed by atoms with E-state index in [1.807, 2.05) is 19.1 Å². The molecule has 0 saturated carbocycles. The molecule has 23 heavy (non-hydrogen) atoms. The molecule has 0 aromatic heterocycles. The SMILES string of the molecule is COc1ccc(C(=O)O[C@H](C)C(=O)c2ccc(C)cc2)c(O)c1. The van der Waals surface area contributed by atoms with Gasteiger partial charge in [-0.15, -0.1) is 0 Å². The normalized spacial score (nSPS) is 11.6. The van der Waals surface area contributed by atoms with Crippen molar-refractivity contribution in [1.29, 1.82) is 0 Å². The Hall–Kier alpha value is -2.82. The van der Waals surface area contributed by atoms with Gasteiger partial charge in [-0.3, -0.25) is 4.79 Å². The third-order valence-electron chi connectivity index (χ3n) is 3.41. The van der Waals surface area contributed by atoms with Gasteiger partial charge in [0.25, 0.3) is 0 Å². The molecule has 0 aliphatic carbocycles. The van der Waals surface area contributed by atoms with Gasteiger partial charge in [0, 0.05) is 11.6 Å². The number of ketones is 1. The fourth-order valence-corrected chi connectivity index (χ4v) is 2.04. The molecule has 2 aromatic rings. The summed E-state index contributed by atoms with van der Waals surface area (Å²) >= 11 is 0. The van der Waals surface area contributed by atoms with Gasteiger partial charge in [0.2, 0.25) is 5.78 Å². The van der Waals surface area contributed by atoms with Crippen LogP contribution in [0.1, 0.15) is 33.2 Å². The summed E-state index contributed by atoms with van der Waals surface area (Å²) in [6.07, 6.45) is -0.952. The van der Waals surface area contributed by atoms with E-state index in [0.717, 1.165) is 5.56 Å². The Balaban J connectivity index is 2.10. The minimum atomic E-state index is -0.952. The second-order valence-electron chi connectivity index (χ2n) is 5.16. The first-order valence-corrected chi connectivity index (χ1v) is 7.11. The van der Waals surface area contributed by atoms with Crippen LogP contribution in [0.3, 0.4) is 0 Å². The summed E-state index contributed by atoms with van der Waals surface area (Å²) in [7, 11) is 1.45. The van der Waals surface area contributed by atoms with E-state index >= 15 is 0 Å². The van der Waals surface area contributed by atoms with Crippen LogP contribution in [0.4, 0.5) is 0 Å². The first kappa shape index (κ1) is 16.5. The Labute approximate surface area is 134 Å². The Morgan fingerprint density at radius 1 is 1.09 bits per heavy atom. The van der Waals surface area contributed by atoms with Crippen molar-refractivity contribution in [1.82, 2.24) is 0 Å². The zero-order valence-corrected chi connectivity index (χ0v) is 13.2. The second-order valence-corrected chi connectivity index (χ2v) is 5.16. The number of carbonyl (C=O) groups is 2. The van der Waals surface area contributed by atoms with Gasteiger partial charge in [-0.2, -0.15) is 0 Å². The molecule has 2 aromatic carbocycles. The zero-order valence-electron chi connectivity index (χ0n) is 13.2. The van der Waals surface area contributed by atoms with E-state index in [1.54, 1.807) is 12.1 Å². The van der Waals surface area contributed by atoms with Crippen LogP contribution < -0.4 is 4.74 Å². The number of methoxy groups -OCH3 is 1. The van der Waals surface area contributed by atoms with Crippen LogP contribution >= 0.6 is 0 Å². The number of carbonyl (C=O) groups excluding carboxylic acids is 2. The topological polar surface area (TPSA) is 72.8 Å². The van der Waals surface area contributed by atoms with Crippen molar-refractivity contribution in [3.63, 3.8) is 0 Å². The molecule has 0 heterocycles. The van der Waals surface area contributed by atoms with Crippen molar-refractivity contribution in [2.45, 2.75) is 20.0 Å². The summed E-state index contributed by atoms with van der Waals surface area (Å²) in [4.78, 5) is 24.3. The lowest BCUT2D eigenvalue weighted by Crippen LogP contribution is -2.24. The van der Waals surface area contributed by atoms with Gasteiger partial charge < -0.3 is 14.6 Å². The molecule has 0 saturated heterocycles. The van der Waals surface area contributed by atoms with Crippen LogP contribution in [0, 0.1) is 6.92 Å². The molecule has 120 valence electrons. The van der Waals surface area contributed by atoms with Gasteiger partial charge in [-0.25, -0.2) is 4.79 Å². The number of ether oxygens (including phenoxy) is 2. The molecular formula is C18H18O5. The third-order valence-corrected chi connectivity index (χ3v) is 3.41. The Morgan fingerprint density at radius 2 is 1.74 bits per heavy atom. The monoisotopic (exact) mass is 314 g/mol. The molecule has 0 aliphatic heterocycles. The number of Topliss-reactive ketones (excluding diaryl/α,β-unsaturated/α-hetero) is 1. The molecule has 2 rings (SSSR count). The summed E-state index contributed by atoms with van der Waals surface area (Å²) in [5, 5.41) is 9.83. The summed E-state index contributed by atoms with van der Waals surface area (Å²) in [5.41, 5.74) is 1.48. The van der Waals surface area contributed by atoms with E-state index in [9.17, 15) is 14.7 Å². The molecule has 0 aliphatic rings. The van der Waals surface area contributed by atoms with Gasteiger partial charge in [0.1, 0.15) is 17.1 Å². The number of rotatable bonds is 5. The Morgan fingerprint density at radius 3 is 2.30 bits per heavy atom. The summed E-state index contributed by atoms with van der Waals surface area (Å²) in [6.45, 7) is 3.42. The number of phenols is 1.